The molecule has 0 saturated heterocycles. The quantitative estimate of drug-likeness (QED) is 0.600. The molecule has 1 N–H and O–H groups in total. The number of thiophene rings is 2. The average molecular weight is 378 g/mol. The summed E-state index contributed by atoms with van der Waals surface area (Å²) in [5.74, 6) is 0.115. The van der Waals surface area contributed by atoms with E-state index in [4.69, 9.17) is 0 Å². The molecule has 5 heteroatoms. The average Bonchev–Trinajstić information content (AvgIpc) is 3.07. The first kappa shape index (κ1) is 13.5. The van der Waals surface area contributed by atoms with Crippen LogP contribution in [0.25, 0.3) is 9.40 Å². The number of rotatable bonds is 2. The summed E-state index contributed by atoms with van der Waals surface area (Å²) in [4.78, 5) is 13.0. The monoisotopic (exact) mass is 377 g/mol. The first-order chi connectivity index (χ1) is 10.2. The molecule has 1 aliphatic heterocycles. The van der Waals surface area contributed by atoms with E-state index in [0.29, 0.717) is 6.42 Å². The molecule has 4 rings (SSSR count). The van der Waals surface area contributed by atoms with Crippen LogP contribution in [0, 0.1) is 0 Å². The van der Waals surface area contributed by atoms with Gasteiger partial charge in [0.25, 0.3) is 0 Å². The predicted molar refractivity (Wildman–Crippen MR) is 93.9 cm³/mol. The minimum Gasteiger partial charge on any atom is -0.326 e. The van der Waals surface area contributed by atoms with E-state index in [0.717, 1.165) is 12.1 Å². The molecule has 106 valence electrons. The van der Waals surface area contributed by atoms with Gasteiger partial charge in [0.05, 0.1) is 4.83 Å². The predicted octanol–water partition coefficient (Wildman–Crippen LogP) is 5.33. The topological polar surface area (TPSA) is 29.1 Å². The molecule has 1 unspecified atom stereocenters. The van der Waals surface area contributed by atoms with Crippen LogP contribution in [0.2, 0.25) is 0 Å². The van der Waals surface area contributed by atoms with Crippen LogP contribution in [-0.4, -0.2) is 5.91 Å². The minimum atomic E-state index is 0.115. The molecule has 0 bridgehead atoms. The van der Waals surface area contributed by atoms with E-state index >= 15 is 0 Å². The molecule has 1 aromatic carbocycles. The van der Waals surface area contributed by atoms with Gasteiger partial charge in [-0.25, -0.2) is 0 Å². The molecule has 3 aromatic rings. The molecule has 2 aromatic heterocycles. The summed E-state index contributed by atoms with van der Waals surface area (Å²) in [5, 5.41) is 5.07. The van der Waals surface area contributed by atoms with Gasteiger partial charge in [0.15, 0.2) is 0 Å². The van der Waals surface area contributed by atoms with Crippen LogP contribution in [0.15, 0.2) is 35.7 Å². The van der Waals surface area contributed by atoms with Crippen molar-refractivity contribution in [3.05, 3.63) is 51.7 Å². The number of nitrogens with one attached hydrogen (secondary N) is 1. The molecular formula is C16H12BrNOS2. The third kappa shape index (κ3) is 2.43. The summed E-state index contributed by atoms with van der Waals surface area (Å²) in [6, 6.07) is 10.8. The first-order valence-electron chi connectivity index (χ1n) is 6.74. The molecule has 2 nitrogen and oxygen atoms in total. The number of benzene rings is 1. The summed E-state index contributed by atoms with van der Waals surface area (Å²) in [7, 11) is 0. The third-order valence-electron chi connectivity index (χ3n) is 3.73. The number of aryl methyl sites for hydroxylation is 1. The van der Waals surface area contributed by atoms with Gasteiger partial charge in [-0.1, -0.05) is 28.1 Å². The molecule has 21 heavy (non-hydrogen) atoms. The van der Waals surface area contributed by atoms with Crippen LogP contribution >= 0.6 is 38.6 Å². The second-order valence-corrected chi connectivity index (χ2v) is 8.10. The van der Waals surface area contributed by atoms with Gasteiger partial charge in [0, 0.05) is 26.4 Å². The Morgan fingerprint density at radius 1 is 1.14 bits per heavy atom. The maximum absolute atomic E-state index is 11.4. The van der Waals surface area contributed by atoms with E-state index in [1.165, 1.54) is 25.4 Å². The summed E-state index contributed by atoms with van der Waals surface area (Å²) in [5.41, 5.74) is 3.44. The summed E-state index contributed by atoms with van der Waals surface area (Å²) in [6.45, 7) is 0. The molecule has 0 saturated carbocycles. The first-order valence-corrected chi connectivity index (χ1v) is 9.35. The molecule has 1 amide bonds. The maximum atomic E-state index is 11.4. The Balaban J connectivity index is 1.69. The van der Waals surface area contributed by atoms with Gasteiger partial charge in [-0.2, -0.15) is 0 Å². The SMILES string of the molecule is O=C1CCc2cc(C(Br)c3cc4sccc4s3)ccc2N1. The molecule has 1 atom stereocenters. The van der Waals surface area contributed by atoms with Crippen molar-refractivity contribution in [1.82, 2.24) is 0 Å². The van der Waals surface area contributed by atoms with Crippen molar-refractivity contribution in [3.63, 3.8) is 0 Å². The molecule has 1 aliphatic rings. The maximum Gasteiger partial charge on any atom is 0.224 e. The lowest BCUT2D eigenvalue weighted by Crippen LogP contribution is -2.19. The van der Waals surface area contributed by atoms with Gasteiger partial charge < -0.3 is 5.32 Å². The standard InChI is InChI=1S/C16H12BrNOS2/c17-16(14-8-13-12(21-14)5-6-20-13)10-1-3-11-9(7-10)2-4-15(19)18-11/h1,3,5-8,16H,2,4H2,(H,18,19). The number of carbonyl (C=O) groups is 1. The fourth-order valence-corrected chi connectivity index (χ4v) is 5.46. The summed E-state index contributed by atoms with van der Waals surface area (Å²) >= 11 is 7.45. The van der Waals surface area contributed by atoms with Gasteiger partial charge in [0.2, 0.25) is 5.91 Å². The Morgan fingerprint density at radius 2 is 2.05 bits per heavy atom. The van der Waals surface area contributed by atoms with E-state index in [1.54, 1.807) is 11.3 Å². The van der Waals surface area contributed by atoms with Crippen molar-refractivity contribution in [1.29, 1.82) is 0 Å². The molecule has 0 radical (unpaired) electrons. The molecule has 0 spiro atoms. The second-order valence-electron chi connectivity index (χ2n) is 5.13. The van der Waals surface area contributed by atoms with Crippen LogP contribution in [-0.2, 0) is 11.2 Å². The zero-order valence-corrected chi connectivity index (χ0v) is 14.3. The lowest BCUT2D eigenvalue weighted by molar-refractivity contribution is -0.116. The smallest absolute Gasteiger partial charge is 0.224 e. The van der Waals surface area contributed by atoms with E-state index in [1.807, 2.05) is 17.4 Å². The van der Waals surface area contributed by atoms with E-state index in [2.05, 4.69) is 50.9 Å². The van der Waals surface area contributed by atoms with Crippen molar-refractivity contribution in [2.45, 2.75) is 17.7 Å². The fraction of sp³-hybridized carbons (Fsp3) is 0.188. The molecule has 3 heterocycles. The van der Waals surface area contributed by atoms with E-state index < -0.39 is 0 Å². The number of hydrogen-bond donors (Lipinski definition) is 1. The van der Waals surface area contributed by atoms with Crippen LogP contribution in [0.3, 0.4) is 0 Å². The third-order valence-corrected chi connectivity index (χ3v) is 7.21. The van der Waals surface area contributed by atoms with Crippen molar-refractivity contribution < 1.29 is 4.79 Å². The lowest BCUT2D eigenvalue weighted by Gasteiger charge is -2.18. The number of alkyl halides is 1. The van der Waals surface area contributed by atoms with Crippen LogP contribution in [0.1, 0.15) is 27.3 Å². The number of hydrogen-bond acceptors (Lipinski definition) is 3. The van der Waals surface area contributed by atoms with Crippen LogP contribution < -0.4 is 5.32 Å². The minimum absolute atomic E-state index is 0.115. The molecular weight excluding hydrogens is 366 g/mol. The number of anilines is 1. The number of fused-ring (bicyclic) bond motifs is 2. The fourth-order valence-electron chi connectivity index (χ4n) is 2.63. The van der Waals surface area contributed by atoms with Gasteiger partial charge >= 0.3 is 0 Å². The van der Waals surface area contributed by atoms with Crippen molar-refractivity contribution >= 4 is 59.6 Å². The van der Waals surface area contributed by atoms with Crippen LogP contribution in [0.5, 0.6) is 0 Å². The Labute approximate surface area is 138 Å². The van der Waals surface area contributed by atoms with E-state index in [-0.39, 0.29) is 10.7 Å². The van der Waals surface area contributed by atoms with Crippen molar-refractivity contribution in [3.8, 4) is 0 Å². The van der Waals surface area contributed by atoms with Gasteiger partial charge in [0.1, 0.15) is 0 Å². The summed E-state index contributed by atoms with van der Waals surface area (Å²) in [6.07, 6.45) is 1.41. The van der Waals surface area contributed by atoms with Gasteiger partial charge in [-0.3, -0.25) is 4.79 Å². The van der Waals surface area contributed by atoms with Gasteiger partial charge in [-0.15, -0.1) is 22.7 Å². The normalized spacial score (nSPS) is 15.8. The van der Waals surface area contributed by atoms with Crippen LogP contribution in [0.4, 0.5) is 5.69 Å². The Bertz CT molecular complexity index is 807. The highest BCUT2D eigenvalue weighted by molar-refractivity contribution is 9.09. The molecule has 0 fully saturated rings. The highest BCUT2D eigenvalue weighted by atomic mass is 79.9. The highest BCUT2D eigenvalue weighted by Crippen LogP contribution is 2.41. The number of halogens is 1. The van der Waals surface area contributed by atoms with Crippen molar-refractivity contribution in [2.24, 2.45) is 0 Å². The van der Waals surface area contributed by atoms with E-state index in [9.17, 15) is 4.79 Å². The lowest BCUT2D eigenvalue weighted by atomic mass is 9.99. The number of amides is 1. The molecule has 0 aliphatic carbocycles. The Kier molecular flexibility index (Phi) is 3.36. The zero-order valence-electron chi connectivity index (χ0n) is 11.1. The number of carbonyl (C=O) groups excluding carboxylic acids is 1. The van der Waals surface area contributed by atoms with Gasteiger partial charge in [-0.05, 0) is 41.1 Å². The Hall–Kier alpha value is -1.17. The van der Waals surface area contributed by atoms with Crippen molar-refractivity contribution in [2.75, 3.05) is 5.32 Å². The second kappa shape index (κ2) is 5.23. The largest absolute Gasteiger partial charge is 0.326 e. The highest BCUT2D eigenvalue weighted by Gasteiger charge is 2.19. The Morgan fingerprint density at radius 3 is 2.90 bits per heavy atom. The summed E-state index contributed by atoms with van der Waals surface area (Å²) < 4.78 is 2.70. The zero-order chi connectivity index (χ0) is 14.4.